The Morgan fingerprint density at radius 1 is 1.39 bits per heavy atom. The first kappa shape index (κ1) is 14.6. The third-order valence-corrected chi connectivity index (χ3v) is 2.72. The van der Waals surface area contributed by atoms with Crippen molar-refractivity contribution in [2.75, 3.05) is 13.7 Å². The summed E-state index contributed by atoms with van der Waals surface area (Å²) in [7, 11) is 1.67. The third kappa shape index (κ3) is 4.09. The molecule has 5 nitrogen and oxygen atoms in total. The number of methoxy groups -OCH3 is 1. The largest absolute Gasteiger partial charge is 0.383 e. The van der Waals surface area contributed by atoms with Crippen molar-refractivity contribution in [2.45, 2.75) is 32.4 Å². The molecule has 1 aromatic carbocycles. The number of nitrogens with one attached hydrogen (secondary N) is 1. The summed E-state index contributed by atoms with van der Waals surface area (Å²) in [5.41, 5.74) is 0.988. The predicted octanol–water partition coefficient (Wildman–Crippen LogP) is 2.67. The molecule has 1 atom stereocenters. The Balaban J connectivity index is 2.72. The maximum Gasteiger partial charge on any atom is 0.269 e. The average molecular weight is 252 g/mol. The summed E-state index contributed by atoms with van der Waals surface area (Å²) >= 11 is 0. The molecule has 0 fully saturated rings. The first-order valence-corrected chi connectivity index (χ1v) is 5.87. The van der Waals surface area contributed by atoms with Crippen LogP contribution in [0, 0.1) is 10.1 Å². The van der Waals surface area contributed by atoms with Crippen LogP contribution in [0.4, 0.5) is 5.69 Å². The summed E-state index contributed by atoms with van der Waals surface area (Å²) in [5.74, 6) is 0. The molecule has 0 bridgehead atoms. The Labute approximate surface area is 107 Å². The highest BCUT2D eigenvalue weighted by atomic mass is 16.6. The maximum absolute atomic E-state index is 10.6. The van der Waals surface area contributed by atoms with Crippen molar-refractivity contribution in [3.63, 3.8) is 0 Å². The minimum absolute atomic E-state index is 0.107. The number of nitro groups is 1. The summed E-state index contributed by atoms with van der Waals surface area (Å²) in [6.07, 6.45) is 0. The van der Waals surface area contributed by atoms with Gasteiger partial charge >= 0.3 is 0 Å². The normalized spacial score (nSPS) is 13.3. The quantitative estimate of drug-likeness (QED) is 0.624. The van der Waals surface area contributed by atoms with Crippen LogP contribution < -0.4 is 5.32 Å². The van der Waals surface area contributed by atoms with Crippen LogP contribution in [0.25, 0.3) is 0 Å². The molecular formula is C13H20N2O3. The monoisotopic (exact) mass is 252 g/mol. The molecule has 18 heavy (non-hydrogen) atoms. The Morgan fingerprint density at radius 3 is 2.39 bits per heavy atom. The minimum atomic E-state index is -0.392. The molecular weight excluding hydrogens is 232 g/mol. The second-order valence-corrected chi connectivity index (χ2v) is 5.03. The van der Waals surface area contributed by atoms with Crippen LogP contribution >= 0.6 is 0 Å². The molecule has 0 aliphatic heterocycles. The van der Waals surface area contributed by atoms with E-state index in [1.807, 2.05) is 6.92 Å². The summed E-state index contributed by atoms with van der Waals surface area (Å²) in [4.78, 5) is 10.2. The van der Waals surface area contributed by atoms with Gasteiger partial charge in [-0.05, 0) is 26.3 Å². The molecule has 100 valence electrons. The summed E-state index contributed by atoms with van der Waals surface area (Å²) in [5, 5.41) is 14.0. The molecule has 0 heterocycles. The second kappa shape index (κ2) is 5.93. The number of rotatable bonds is 6. The Morgan fingerprint density at radius 2 is 1.94 bits per heavy atom. The van der Waals surface area contributed by atoms with Crippen LogP contribution in [0.1, 0.15) is 32.4 Å². The lowest BCUT2D eigenvalue weighted by Crippen LogP contribution is -2.44. The van der Waals surface area contributed by atoms with Gasteiger partial charge in [-0.3, -0.25) is 10.1 Å². The molecule has 0 radical (unpaired) electrons. The molecule has 0 aliphatic rings. The van der Waals surface area contributed by atoms with Gasteiger partial charge in [0, 0.05) is 30.8 Å². The van der Waals surface area contributed by atoms with Crippen molar-refractivity contribution in [3.8, 4) is 0 Å². The zero-order chi connectivity index (χ0) is 13.8. The molecule has 0 spiro atoms. The van der Waals surface area contributed by atoms with Crippen molar-refractivity contribution >= 4 is 5.69 Å². The second-order valence-electron chi connectivity index (χ2n) is 5.03. The molecule has 0 saturated heterocycles. The van der Waals surface area contributed by atoms with E-state index in [1.165, 1.54) is 12.1 Å². The van der Waals surface area contributed by atoms with Crippen molar-refractivity contribution < 1.29 is 9.66 Å². The van der Waals surface area contributed by atoms with E-state index in [-0.39, 0.29) is 17.3 Å². The molecule has 0 aromatic heterocycles. The Hall–Kier alpha value is -1.46. The van der Waals surface area contributed by atoms with Gasteiger partial charge in [-0.25, -0.2) is 0 Å². The van der Waals surface area contributed by atoms with Gasteiger partial charge in [-0.1, -0.05) is 12.1 Å². The Bertz CT molecular complexity index is 401. The lowest BCUT2D eigenvalue weighted by atomic mass is 10.0. The molecule has 1 unspecified atom stereocenters. The third-order valence-electron chi connectivity index (χ3n) is 2.72. The highest BCUT2D eigenvalue weighted by Gasteiger charge is 2.20. The highest BCUT2D eigenvalue weighted by molar-refractivity contribution is 5.34. The average Bonchev–Trinajstić information content (AvgIpc) is 2.28. The van der Waals surface area contributed by atoms with E-state index in [0.29, 0.717) is 6.61 Å². The van der Waals surface area contributed by atoms with Crippen LogP contribution in [0.15, 0.2) is 24.3 Å². The van der Waals surface area contributed by atoms with Gasteiger partial charge in [-0.2, -0.15) is 0 Å². The van der Waals surface area contributed by atoms with Crippen LogP contribution in [-0.2, 0) is 4.74 Å². The first-order chi connectivity index (χ1) is 8.35. The van der Waals surface area contributed by atoms with Gasteiger partial charge in [0.25, 0.3) is 5.69 Å². The molecule has 1 aromatic rings. The van der Waals surface area contributed by atoms with Crippen molar-refractivity contribution in [1.82, 2.24) is 5.32 Å². The van der Waals surface area contributed by atoms with Gasteiger partial charge in [0.1, 0.15) is 0 Å². The fourth-order valence-corrected chi connectivity index (χ4v) is 1.96. The fraction of sp³-hybridized carbons (Fsp3) is 0.538. The van der Waals surface area contributed by atoms with E-state index in [1.54, 1.807) is 19.2 Å². The van der Waals surface area contributed by atoms with Crippen LogP contribution in [0.2, 0.25) is 0 Å². The number of benzene rings is 1. The topological polar surface area (TPSA) is 64.4 Å². The zero-order valence-electron chi connectivity index (χ0n) is 11.3. The van der Waals surface area contributed by atoms with Crippen molar-refractivity contribution in [1.29, 1.82) is 0 Å². The molecule has 0 amide bonds. The number of ether oxygens (including phenoxy) is 1. The number of hydrogen-bond donors (Lipinski definition) is 1. The SMILES string of the molecule is COCC(C)(C)NC(C)c1ccc([N+](=O)[O-])cc1. The number of nitro benzene ring substituents is 1. The molecule has 5 heteroatoms. The number of hydrogen-bond acceptors (Lipinski definition) is 4. The van der Waals surface area contributed by atoms with E-state index in [0.717, 1.165) is 5.56 Å². The fourth-order valence-electron chi connectivity index (χ4n) is 1.96. The smallest absolute Gasteiger partial charge is 0.269 e. The van der Waals surface area contributed by atoms with Crippen LogP contribution in [-0.4, -0.2) is 24.2 Å². The lowest BCUT2D eigenvalue weighted by Gasteiger charge is -2.29. The van der Waals surface area contributed by atoms with Gasteiger partial charge in [0.2, 0.25) is 0 Å². The van der Waals surface area contributed by atoms with Crippen molar-refractivity contribution in [2.24, 2.45) is 0 Å². The molecule has 1 N–H and O–H groups in total. The van der Waals surface area contributed by atoms with Gasteiger partial charge in [0.15, 0.2) is 0 Å². The lowest BCUT2D eigenvalue weighted by molar-refractivity contribution is -0.384. The number of non-ortho nitro benzene ring substituents is 1. The first-order valence-electron chi connectivity index (χ1n) is 5.87. The summed E-state index contributed by atoms with van der Waals surface area (Å²) < 4.78 is 5.14. The van der Waals surface area contributed by atoms with E-state index in [2.05, 4.69) is 19.2 Å². The van der Waals surface area contributed by atoms with E-state index in [4.69, 9.17) is 4.74 Å². The van der Waals surface area contributed by atoms with Crippen LogP contribution in [0.5, 0.6) is 0 Å². The Kier molecular flexibility index (Phi) is 4.81. The summed E-state index contributed by atoms with van der Waals surface area (Å²) in [6.45, 7) is 6.74. The minimum Gasteiger partial charge on any atom is -0.383 e. The van der Waals surface area contributed by atoms with E-state index >= 15 is 0 Å². The van der Waals surface area contributed by atoms with Gasteiger partial charge in [-0.15, -0.1) is 0 Å². The van der Waals surface area contributed by atoms with Crippen molar-refractivity contribution in [3.05, 3.63) is 39.9 Å². The highest BCUT2D eigenvalue weighted by Crippen LogP contribution is 2.19. The summed E-state index contributed by atoms with van der Waals surface area (Å²) in [6, 6.07) is 6.71. The van der Waals surface area contributed by atoms with Gasteiger partial charge in [0.05, 0.1) is 11.5 Å². The van der Waals surface area contributed by atoms with Gasteiger partial charge < -0.3 is 10.1 Å². The maximum atomic E-state index is 10.6. The zero-order valence-corrected chi connectivity index (χ0v) is 11.3. The van der Waals surface area contributed by atoms with E-state index < -0.39 is 4.92 Å². The molecule has 1 rings (SSSR count). The number of nitrogens with zero attached hydrogens (tertiary/aromatic N) is 1. The standard InChI is InChI=1S/C13H20N2O3/c1-10(14-13(2,3)9-18-4)11-5-7-12(8-6-11)15(16)17/h5-8,10,14H,9H2,1-4H3. The van der Waals surface area contributed by atoms with E-state index in [9.17, 15) is 10.1 Å². The van der Waals surface area contributed by atoms with Crippen LogP contribution in [0.3, 0.4) is 0 Å². The predicted molar refractivity (Wildman–Crippen MR) is 70.6 cm³/mol. The molecule has 0 saturated carbocycles. The molecule has 0 aliphatic carbocycles.